The molecule has 0 aliphatic carbocycles. The molecule has 0 N–H and O–H groups in total. The van der Waals surface area contributed by atoms with Crippen molar-refractivity contribution in [2.24, 2.45) is 0 Å². The van der Waals surface area contributed by atoms with E-state index in [2.05, 4.69) is 50.4 Å². The Bertz CT molecular complexity index is 962. The molecule has 0 unspecified atom stereocenters. The van der Waals surface area contributed by atoms with Crippen LogP contribution in [0.5, 0.6) is 0 Å². The zero-order valence-corrected chi connectivity index (χ0v) is 14.3. The molecule has 0 amide bonds. The Hall–Kier alpha value is -2.72. The monoisotopic (exact) mass is 376 g/mol. The van der Waals surface area contributed by atoms with E-state index >= 15 is 0 Å². The van der Waals surface area contributed by atoms with Crippen LogP contribution in [-0.4, -0.2) is 10.2 Å². The Balaban J connectivity index is 1.65. The summed E-state index contributed by atoms with van der Waals surface area (Å²) in [4.78, 5) is 0. The van der Waals surface area contributed by atoms with Crippen molar-refractivity contribution in [3.8, 4) is 34.0 Å². The second kappa shape index (κ2) is 6.42. The third kappa shape index (κ3) is 2.88. The normalized spacial score (nSPS) is 10.7. The number of benzene rings is 3. The first-order valence-corrected chi connectivity index (χ1v) is 8.35. The van der Waals surface area contributed by atoms with Gasteiger partial charge in [0.05, 0.1) is 5.56 Å². The van der Waals surface area contributed by atoms with Crippen molar-refractivity contribution in [3.05, 3.63) is 83.3 Å². The molecule has 0 aliphatic heterocycles. The van der Waals surface area contributed by atoms with Gasteiger partial charge in [0, 0.05) is 10.0 Å². The predicted octanol–water partition coefficient (Wildman–Crippen LogP) is 5.83. The number of rotatable bonds is 3. The van der Waals surface area contributed by atoms with E-state index in [1.807, 2.05) is 54.6 Å². The van der Waals surface area contributed by atoms with E-state index in [0.29, 0.717) is 11.8 Å². The second-order valence-corrected chi connectivity index (χ2v) is 6.19. The lowest BCUT2D eigenvalue weighted by Crippen LogP contribution is -1.80. The molecule has 0 saturated heterocycles. The quantitative estimate of drug-likeness (QED) is 0.451. The number of hydrogen-bond donors (Lipinski definition) is 0. The molecule has 0 radical (unpaired) electrons. The highest BCUT2D eigenvalue weighted by Gasteiger charge is 2.12. The largest absolute Gasteiger partial charge is 0.416 e. The van der Waals surface area contributed by atoms with Gasteiger partial charge in [0.1, 0.15) is 0 Å². The smallest absolute Gasteiger partial charge is 0.249 e. The molecule has 0 atom stereocenters. The second-order valence-electron chi connectivity index (χ2n) is 5.34. The van der Waals surface area contributed by atoms with E-state index in [1.165, 1.54) is 5.56 Å². The zero-order valence-electron chi connectivity index (χ0n) is 12.7. The number of halogens is 1. The summed E-state index contributed by atoms with van der Waals surface area (Å²) in [5.74, 6) is 1.02. The Morgan fingerprint density at radius 3 is 1.92 bits per heavy atom. The molecular weight excluding hydrogens is 364 g/mol. The van der Waals surface area contributed by atoms with Crippen LogP contribution in [0.1, 0.15) is 0 Å². The fourth-order valence-electron chi connectivity index (χ4n) is 2.52. The minimum atomic E-state index is 0.504. The lowest BCUT2D eigenvalue weighted by atomic mass is 10.0. The average molecular weight is 377 g/mol. The highest BCUT2D eigenvalue weighted by molar-refractivity contribution is 9.10. The van der Waals surface area contributed by atoms with Crippen LogP contribution in [0.15, 0.2) is 87.8 Å². The van der Waals surface area contributed by atoms with Crippen molar-refractivity contribution < 1.29 is 4.42 Å². The van der Waals surface area contributed by atoms with Gasteiger partial charge < -0.3 is 4.42 Å². The molecule has 1 aromatic heterocycles. The summed E-state index contributed by atoms with van der Waals surface area (Å²) in [7, 11) is 0. The van der Waals surface area contributed by atoms with E-state index in [4.69, 9.17) is 4.42 Å². The molecule has 24 heavy (non-hydrogen) atoms. The lowest BCUT2D eigenvalue weighted by molar-refractivity contribution is 0.584. The Morgan fingerprint density at radius 1 is 0.583 bits per heavy atom. The van der Waals surface area contributed by atoms with Crippen LogP contribution in [0.25, 0.3) is 34.0 Å². The standard InChI is InChI=1S/C20H13BrN2O/c21-18-9-5-4-8-17(18)20-23-22-19(24-20)16-12-10-15(11-13-16)14-6-2-1-3-7-14/h1-13H. The lowest BCUT2D eigenvalue weighted by Gasteiger charge is -2.02. The van der Waals surface area contributed by atoms with Crippen LogP contribution in [0.4, 0.5) is 0 Å². The minimum absolute atomic E-state index is 0.504. The van der Waals surface area contributed by atoms with Gasteiger partial charge in [0.2, 0.25) is 11.8 Å². The molecule has 0 spiro atoms. The van der Waals surface area contributed by atoms with Crippen LogP contribution < -0.4 is 0 Å². The maximum Gasteiger partial charge on any atom is 0.249 e. The molecule has 0 aliphatic rings. The van der Waals surface area contributed by atoms with Gasteiger partial charge in [0.25, 0.3) is 0 Å². The van der Waals surface area contributed by atoms with Crippen LogP contribution in [0.2, 0.25) is 0 Å². The van der Waals surface area contributed by atoms with Gasteiger partial charge in [-0.1, -0.05) is 54.6 Å². The van der Waals surface area contributed by atoms with Crippen molar-refractivity contribution in [1.29, 1.82) is 0 Å². The van der Waals surface area contributed by atoms with E-state index in [-0.39, 0.29) is 0 Å². The van der Waals surface area contributed by atoms with Crippen LogP contribution in [0.3, 0.4) is 0 Å². The zero-order chi connectivity index (χ0) is 16.4. The maximum atomic E-state index is 5.83. The van der Waals surface area contributed by atoms with E-state index in [1.54, 1.807) is 0 Å². The fraction of sp³-hybridized carbons (Fsp3) is 0. The van der Waals surface area contributed by atoms with Crippen molar-refractivity contribution in [1.82, 2.24) is 10.2 Å². The minimum Gasteiger partial charge on any atom is -0.416 e. The Kier molecular flexibility index (Phi) is 3.97. The molecule has 0 saturated carbocycles. The summed E-state index contributed by atoms with van der Waals surface area (Å²) >= 11 is 3.51. The maximum absolute atomic E-state index is 5.83. The van der Waals surface area contributed by atoms with Crippen molar-refractivity contribution in [3.63, 3.8) is 0 Å². The highest BCUT2D eigenvalue weighted by atomic mass is 79.9. The van der Waals surface area contributed by atoms with Crippen LogP contribution >= 0.6 is 15.9 Å². The summed E-state index contributed by atoms with van der Waals surface area (Å²) < 4.78 is 6.76. The first-order chi connectivity index (χ1) is 11.8. The van der Waals surface area contributed by atoms with Gasteiger partial charge in [-0.3, -0.25) is 0 Å². The fourth-order valence-corrected chi connectivity index (χ4v) is 2.97. The SMILES string of the molecule is Brc1ccccc1-c1nnc(-c2ccc(-c3ccccc3)cc2)o1. The summed E-state index contributed by atoms with van der Waals surface area (Å²) in [5.41, 5.74) is 4.13. The molecular formula is C20H13BrN2O. The van der Waals surface area contributed by atoms with Crippen LogP contribution in [-0.2, 0) is 0 Å². The first-order valence-electron chi connectivity index (χ1n) is 7.55. The van der Waals surface area contributed by atoms with Crippen LogP contribution in [0, 0.1) is 0 Å². The third-order valence-corrected chi connectivity index (χ3v) is 4.46. The van der Waals surface area contributed by atoms with E-state index in [9.17, 15) is 0 Å². The molecule has 0 fully saturated rings. The average Bonchev–Trinajstić information content (AvgIpc) is 3.13. The van der Waals surface area contributed by atoms with Gasteiger partial charge in [-0.15, -0.1) is 10.2 Å². The van der Waals surface area contributed by atoms with Gasteiger partial charge in [-0.2, -0.15) is 0 Å². The Morgan fingerprint density at radius 2 is 1.17 bits per heavy atom. The summed E-state index contributed by atoms with van der Waals surface area (Å²) in [5, 5.41) is 8.33. The molecule has 4 rings (SSSR count). The molecule has 0 bridgehead atoms. The third-order valence-electron chi connectivity index (χ3n) is 3.77. The van der Waals surface area contributed by atoms with Gasteiger partial charge in [0.15, 0.2) is 0 Å². The number of aromatic nitrogens is 2. The first kappa shape index (κ1) is 14.8. The van der Waals surface area contributed by atoms with Crippen molar-refractivity contribution >= 4 is 15.9 Å². The predicted molar refractivity (Wildman–Crippen MR) is 98.3 cm³/mol. The van der Waals surface area contributed by atoms with E-state index < -0.39 is 0 Å². The van der Waals surface area contributed by atoms with Gasteiger partial charge in [-0.05, 0) is 51.3 Å². The Labute approximate surface area is 148 Å². The summed E-state index contributed by atoms with van der Waals surface area (Å²) in [6.45, 7) is 0. The van der Waals surface area contributed by atoms with Gasteiger partial charge >= 0.3 is 0 Å². The summed E-state index contributed by atoms with van der Waals surface area (Å²) in [6, 6.07) is 26.2. The molecule has 3 nitrogen and oxygen atoms in total. The topological polar surface area (TPSA) is 38.9 Å². The van der Waals surface area contributed by atoms with Gasteiger partial charge in [-0.25, -0.2) is 0 Å². The van der Waals surface area contributed by atoms with Crippen molar-refractivity contribution in [2.45, 2.75) is 0 Å². The molecule has 1 heterocycles. The summed E-state index contributed by atoms with van der Waals surface area (Å²) in [6.07, 6.45) is 0. The molecule has 4 aromatic rings. The number of nitrogens with zero attached hydrogens (tertiary/aromatic N) is 2. The van der Waals surface area contributed by atoms with Crippen molar-refractivity contribution in [2.75, 3.05) is 0 Å². The number of hydrogen-bond acceptors (Lipinski definition) is 3. The molecule has 116 valence electrons. The van der Waals surface area contributed by atoms with E-state index in [0.717, 1.165) is 21.2 Å². The molecule has 3 aromatic carbocycles. The highest BCUT2D eigenvalue weighted by Crippen LogP contribution is 2.30. The molecule has 4 heteroatoms.